The molecule has 0 spiro atoms. The van der Waals surface area contributed by atoms with E-state index >= 15 is 0 Å². The van der Waals surface area contributed by atoms with E-state index in [1.54, 1.807) is 0 Å². The van der Waals surface area contributed by atoms with Crippen LogP contribution in [0.4, 0.5) is 24.7 Å². The minimum Gasteiger partial charge on any atom is -0.351 e. The lowest BCUT2D eigenvalue weighted by atomic mass is 10.1. The van der Waals surface area contributed by atoms with Crippen molar-refractivity contribution in [2.45, 2.75) is 25.9 Å². The highest BCUT2D eigenvalue weighted by Gasteiger charge is 2.34. The van der Waals surface area contributed by atoms with Crippen LogP contribution in [0.15, 0.2) is 30.6 Å². The van der Waals surface area contributed by atoms with Gasteiger partial charge in [-0.05, 0) is 24.6 Å². The zero-order valence-electron chi connectivity index (χ0n) is 13.3. The molecule has 1 heterocycles. The molecule has 0 bridgehead atoms. The summed E-state index contributed by atoms with van der Waals surface area (Å²) in [6.07, 6.45) is -0.386. The molecule has 25 heavy (non-hydrogen) atoms. The number of amides is 1. The van der Waals surface area contributed by atoms with Gasteiger partial charge in [0.2, 0.25) is 0 Å². The standard InChI is InChI=1S/C16H16ClF3N4O/c1-2-3-6-21-15(25)13-8-23-14(9-22-13)24-12-5-4-10(17)7-11(12)16(18,19)20/h4-5,7-9H,2-3,6H2,1H3,(H,21,25)(H,23,24). The Bertz CT molecular complexity index is 735. The molecule has 0 unspecified atom stereocenters. The largest absolute Gasteiger partial charge is 0.418 e. The van der Waals surface area contributed by atoms with E-state index in [0.29, 0.717) is 6.54 Å². The molecule has 0 atom stereocenters. The van der Waals surface area contributed by atoms with Gasteiger partial charge in [-0.3, -0.25) is 4.79 Å². The molecule has 1 aromatic carbocycles. The highest BCUT2D eigenvalue weighted by Crippen LogP contribution is 2.37. The summed E-state index contributed by atoms with van der Waals surface area (Å²) in [5.74, 6) is -0.298. The summed E-state index contributed by atoms with van der Waals surface area (Å²) < 4.78 is 39.2. The number of rotatable bonds is 6. The van der Waals surface area contributed by atoms with Crippen molar-refractivity contribution in [3.05, 3.63) is 46.9 Å². The third kappa shape index (κ3) is 5.32. The summed E-state index contributed by atoms with van der Waals surface area (Å²) in [4.78, 5) is 19.7. The number of alkyl halides is 3. The van der Waals surface area contributed by atoms with Crippen LogP contribution in [0.5, 0.6) is 0 Å². The average molecular weight is 373 g/mol. The van der Waals surface area contributed by atoms with Crippen LogP contribution in [-0.4, -0.2) is 22.4 Å². The Balaban J connectivity index is 2.13. The van der Waals surface area contributed by atoms with Gasteiger partial charge < -0.3 is 10.6 Å². The van der Waals surface area contributed by atoms with E-state index in [1.807, 2.05) is 6.92 Å². The van der Waals surface area contributed by atoms with Crippen LogP contribution in [0.1, 0.15) is 35.8 Å². The maximum Gasteiger partial charge on any atom is 0.418 e. The first-order chi connectivity index (χ1) is 11.8. The van der Waals surface area contributed by atoms with Crippen LogP contribution >= 0.6 is 11.6 Å². The first kappa shape index (κ1) is 19.0. The van der Waals surface area contributed by atoms with Crippen LogP contribution in [0.25, 0.3) is 0 Å². The van der Waals surface area contributed by atoms with Gasteiger partial charge in [-0.25, -0.2) is 9.97 Å². The van der Waals surface area contributed by atoms with Gasteiger partial charge in [0, 0.05) is 11.6 Å². The van der Waals surface area contributed by atoms with Gasteiger partial charge >= 0.3 is 6.18 Å². The van der Waals surface area contributed by atoms with E-state index in [2.05, 4.69) is 20.6 Å². The molecular weight excluding hydrogens is 357 g/mol. The second kappa shape index (κ2) is 8.15. The van der Waals surface area contributed by atoms with Crippen molar-refractivity contribution in [1.29, 1.82) is 0 Å². The normalized spacial score (nSPS) is 11.2. The summed E-state index contributed by atoms with van der Waals surface area (Å²) in [7, 11) is 0. The Morgan fingerprint density at radius 2 is 2.00 bits per heavy atom. The second-order valence-corrected chi connectivity index (χ2v) is 5.65. The Morgan fingerprint density at radius 1 is 1.24 bits per heavy atom. The molecule has 1 amide bonds. The van der Waals surface area contributed by atoms with Crippen molar-refractivity contribution in [2.75, 3.05) is 11.9 Å². The molecule has 0 aliphatic carbocycles. The lowest BCUT2D eigenvalue weighted by Crippen LogP contribution is -2.25. The highest BCUT2D eigenvalue weighted by molar-refractivity contribution is 6.30. The summed E-state index contributed by atoms with van der Waals surface area (Å²) in [6.45, 7) is 2.52. The van der Waals surface area contributed by atoms with Gasteiger partial charge in [-0.2, -0.15) is 13.2 Å². The van der Waals surface area contributed by atoms with Crippen LogP contribution in [0, 0.1) is 0 Å². The Labute approximate surface area is 147 Å². The molecule has 0 aliphatic rings. The van der Waals surface area contributed by atoms with Crippen LogP contribution in [0.3, 0.4) is 0 Å². The van der Waals surface area contributed by atoms with Crippen molar-refractivity contribution >= 4 is 29.0 Å². The minimum atomic E-state index is -4.57. The van der Waals surface area contributed by atoms with Gasteiger partial charge in [0.15, 0.2) is 0 Å². The number of hydrogen-bond acceptors (Lipinski definition) is 4. The fourth-order valence-electron chi connectivity index (χ4n) is 1.98. The SMILES string of the molecule is CCCCNC(=O)c1cnc(Nc2ccc(Cl)cc2C(F)(F)F)cn1. The molecule has 134 valence electrons. The molecular formula is C16H16ClF3N4O. The zero-order chi connectivity index (χ0) is 18.4. The zero-order valence-corrected chi connectivity index (χ0v) is 14.1. The molecule has 2 rings (SSSR count). The lowest BCUT2D eigenvalue weighted by molar-refractivity contribution is -0.136. The first-order valence-corrected chi connectivity index (χ1v) is 7.93. The molecule has 0 aliphatic heterocycles. The summed E-state index contributed by atoms with van der Waals surface area (Å²) in [6, 6.07) is 3.37. The number of halogens is 4. The van der Waals surface area contributed by atoms with E-state index in [1.165, 1.54) is 24.5 Å². The van der Waals surface area contributed by atoms with Crippen molar-refractivity contribution in [1.82, 2.24) is 15.3 Å². The smallest absolute Gasteiger partial charge is 0.351 e. The average Bonchev–Trinajstić information content (AvgIpc) is 2.56. The number of nitrogens with zero attached hydrogens (tertiary/aromatic N) is 2. The number of carbonyl (C=O) groups excluding carboxylic acids is 1. The predicted molar refractivity (Wildman–Crippen MR) is 89.0 cm³/mol. The molecule has 0 saturated heterocycles. The third-order valence-corrected chi connectivity index (χ3v) is 3.49. The molecule has 2 N–H and O–H groups in total. The van der Waals surface area contributed by atoms with Crippen molar-refractivity contribution < 1.29 is 18.0 Å². The number of hydrogen-bond donors (Lipinski definition) is 2. The number of unbranched alkanes of at least 4 members (excludes halogenated alkanes) is 1. The highest BCUT2D eigenvalue weighted by atomic mass is 35.5. The number of anilines is 2. The fraction of sp³-hybridized carbons (Fsp3) is 0.312. The molecule has 5 nitrogen and oxygen atoms in total. The maximum atomic E-state index is 13.1. The molecule has 0 radical (unpaired) electrons. The monoisotopic (exact) mass is 372 g/mol. The predicted octanol–water partition coefficient (Wildman–Crippen LogP) is 4.42. The van der Waals surface area contributed by atoms with Crippen LogP contribution in [0.2, 0.25) is 5.02 Å². The van der Waals surface area contributed by atoms with Gasteiger partial charge in [0.1, 0.15) is 11.5 Å². The molecule has 0 saturated carbocycles. The minimum absolute atomic E-state index is 0.0249. The number of aromatic nitrogens is 2. The number of carbonyl (C=O) groups is 1. The van der Waals surface area contributed by atoms with E-state index < -0.39 is 11.7 Å². The summed E-state index contributed by atoms with van der Waals surface area (Å²) >= 11 is 5.63. The molecule has 2 aromatic rings. The van der Waals surface area contributed by atoms with Crippen LogP contribution < -0.4 is 10.6 Å². The third-order valence-electron chi connectivity index (χ3n) is 3.25. The van der Waals surface area contributed by atoms with Crippen molar-refractivity contribution in [3.63, 3.8) is 0 Å². The molecule has 0 fully saturated rings. The Hall–Kier alpha value is -2.35. The first-order valence-electron chi connectivity index (χ1n) is 7.55. The van der Waals surface area contributed by atoms with E-state index in [-0.39, 0.29) is 28.1 Å². The number of benzene rings is 1. The van der Waals surface area contributed by atoms with Crippen LogP contribution in [-0.2, 0) is 6.18 Å². The van der Waals surface area contributed by atoms with E-state index in [0.717, 1.165) is 18.9 Å². The Kier molecular flexibility index (Phi) is 6.19. The summed E-state index contributed by atoms with van der Waals surface area (Å²) in [5.41, 5.74) is -1.02. The Morgan fingerprint density at radius 3 is 2.60 bits per heavy atom. The topological polar surface area (TPSA) is 66.9 Å². The maximum absolute atomic E-state index is 13.1. The van der Waals surface area contributed by atoms with Gasteiger partial charge in [-0.1, -0.05) is 24.9 Å². The summed E-state index contributed by atoms with van der Waals surface area (Å²) in [5, 5.41) is 5.19. The van der Waals surface area contributed by atoms with E-state index in [4.69, 9.17) is 11.6 Å². The second-order valence-electron chi connectivity index (χ2n) is 5.21. The number of nitrogens with one attached hydrogen (secondary N) is 2. The van der Waals surface area contributed by atoms with Crippen molar-refractivity contribution in [3.8, 4) is 0 Å². The quantitative estimate of drug-likeness (QED) is 0.736. The lowest BCUT2D eigenvalue weighted by Gasteiger charge is -2.14. The van der Waals surface area contributed by atoms with Crippen molar-refractivity contribution in [2.24, 2.45) is 0 Å². The van der Waals surface area contributed by atoms with Gasteiger partial charge in [0.25, 0.3) is 5.91 Å². The fourth-order valence-corrected chi connectivity index (χ4v) is 2.15. The molecule has 1 aromatic heterocycles. The van der Waals surface area contributed by atoms with Gasteiger partial charge in [-0.15, -0.1) is 0 Å². The van der Waals surface area contributed by atoms with Gasteiger partial charge in [0.05, 0.1) is 23.6 Å². The molecule has 9 heteroatoms. The van der Waals surface area contributed by atoms with E-state index in [9.17, 15) is 18.0 Å².